The molecule has 1 rings (SSSR count). The lowest BCUT2D eigenvalue weighted by atomic mass is 10.0. The van der Waals surface area contributed by atoms with Crippen LogP contribution in [0.15, 0.2) is 24.3 Å². The molecule has 0 saturated heterocycles. The number of benzene rings is 1. The second kappa shape index (κ2) is 6.75. The van der Waals surface area contributed by atoms with Crippen molar-refractivity contribution >= 4 is 0 Å². The molecule has 0 aliphatic heterocycles. The Morgan fingerprint density at radius 3 is 2.28 bits per heavy atom. The van der Waals surface area contributed by atoms with E-state index in [9.17, 15) is 13.2 Å². The first kappa shape index (κ1) is 15.0. The summed E-state index contributed by atoms with van der Waals surface area (Å²) in [6.45, 7) is 4.57. The molecule has 0 heterocycles. The van der Waals surface area contributed by atoms with Crippen LogP contribution in [0.4, 0.5) is 13.2 Å². The topological polar surface area (TPSA) is 21.3 Å². The van der Waals surface area contributed by atoms with Crippen LogP contribution in [0.3, 0.4) is 0 Å². The second-order valence-electron chi connectivity index (χ2n) is 4.37. The van der Waals surface area contributed by atoms with Crippen molar-refractivity contribution in [1.29, 1.82) is 0 Å². The third kappa shape index (κ3) is 6.02. The standard InChI is InChI=1S/C13H18F3NO/c1-10(2)12-5-3-11(4-6-12)9-17-7-8-18-13(14,15)16/h3-6,10,17H,7-9H2,1-2H3. The molecule has 102 valence electrons. The first-order valence-electron chi connectivity index (χ1n) is 5.89. The lowest BCUT2D eigenvalue weighted by Crippen LogP contribution is -2.23. The minimum Gasteiger partial charge on any atom is -0.310 e. The molecule has 0 aliphatic rings. The van der Waals surface area contributed by atoms with E-state index in [4.69, 9.17) is 0 Å². The van der Waals surface area contributed by atoms with E-state index < -0.39 is 6.36 Å². The fourth-order valence-electron chi connectivity index (χ4n) is 1.49. The highest BCUT2D eigenvalue weighted by Gasteiger charge is 2.28. The Morgan fingerprint density at radius 2 is 1.78 bits per heavy atom. The fraction of sp³-hybridized carbons (Fsp3) is 0.538. The number of halogens is 3. The van der Waals surface area contributed by atoms with Gasteiger partial charge in [0.05, 0.1) is 6.61 Å². The van der Waals surface area contributed by atoms with Crippen molar-refractivity contribution in [1.82, 2.24) is 5.32 Å². The summed E-state index contributed by atoms with van der Waals surface area (Å²) in [5.41, 5.74) is 2.30. The number of hydrogen-bond donors (Lipinski definition) is 1. The third-order valence-corrected chi connectivity index (χ3v) is 2.52. The largest absolute Gasteiger partial charge is 0.522 e. The monoisotopic (exact) mass is 261 g/mol. The van der Waals surface area contributed by atoms with Gasteiger partial charge in [-0.05, 0) is 17.0 Å². The molecule has 0 amide bonds. The number of ether oxygens (including phenoxy) is 1. The van der Waals surface area contributed by atoms with E-state index >= 15 is 0 Å². The summed E-state index contributed by atoms with van der Waals surface area (Å²) in [4.78, 5) is 0. The summed E-state index contributed by atoms with van der Waals surface area (Å²) < 4.78 is 38.7. The predicted molar refractivity (Wildman–Crippen MR) is 64.2 cm³/mol. The minimum atomic E-state index is -4.54. The molecule has 0 aliphatic carbocycles. The molecule has 1 N–H and O–H groups in total. The van der Waals surface area contributed by atoms with Gasteiger partial charge < -0.3 is 5.32 Å². The molecule has 0 spiro atoms. The van der Waals surface area contributed by atoms with Gasteiger partial charge in [0.2, 0.25) is 0 Å². The molecular weight excluding hydrogens is 243 g/mol. The van der Waals surface area contributed by atoms with E-state index in [0.29, 0.717) is 12.5 Å². The van der Waals surface area contributed by atoms with Crippen LogP contribution in [-0.2, 0) is 11.3 Å². The lowest BCUT2D eigenvalue weighted by Gasteiger charge is -2.09. The van der Waals surface area contributed by atoms with Gasteiger partial charge in [0.1, 0.15) is 0 Å². The second-order valence-corrected chi connectivity index (χ2v) is 4.37. The number of alkyl halides is 3. The maximum atomic E-state index is 11.7. The first-order valence-corrected chi connectivity index (χ1v) is 5.89. The zero-order chi connectivity index (χ0) is 13.6. The van der Waals surface area contributed by atoms with Crippen LogP contribution in [0.25, 0.3) is 0 Å². The highest BCUT2D eigenvalue weighted by molar-refractivity contribution is 5.24. The SMILES string of the molecule is CC(C)c1ccc(CNCCOC(F)(F)F)cc1. The molecule has 0 fully saturated rings. The minimum absolute atomic E-state index is 0.172. The van der Waals surface area contributed by atoms with Crippen molar-refractivity contribution < 1.29 is 17.9 Å². The van der Waals surface area contributed by atoms with Crippen LogP contribution < -0.4 is 5.32 Å². The zero-order valence-corrected chi connectivity index (χ0v) is 10.6. The first-order chi connectivity index (χ1) is 8.38. The van der Waals surface area contributed by atoms with Crippen molar-refractivity contribution in [3.8, 4) is 0 Å². The summed E-state index contributed by atoms with van der Waals surface area (Å²) in [6.07, 6.45) is -4.54. The maximum absolute atomic E-state index is 11.7. The van der Waals surface area contributed by atoms with Gasteiger partial charge in [-0.3, -0.25) is 4.74 Å². The van der Waals surface area contributed by atoms with Crippen LogP contribution in [0.5, 0.6) is 0 Å². The Balaban J connectivity index is 2.23. The van der Waals surface area contributed by atoms with Crippen LogP contribution in [0.2, 0.25) is 0 Å². The summed E-state index contributed by atoms with van der Waals surface area (Å²) in [6, 6.07) is 8.03. The average Bonchev–Trinajstić information content (AvgIpc) is 2.27. The molecular formula is C13H18F3NO. The molecule has 0 atom stereocenters. The summed E-state index contributed by atoms with van der Waals surface area (Å²) in [7, 11) is 0. The lowest BCUT2D eigenvalue weighted by molar-refractivity contribution is -0.323. The summed E-state index contributed by atoms with van der Waals surface area (Å²) in [5.74, 6) is 0.479. The van der Waals surface area contributed by atoms with Gasteiger partial charge in [-0.25, -0.2) is 0 Å². The Morgan fingerprint density at radius 1 is 1.17 bits per heavy atom. The third-order valence-electron chi connectivity index (χ3n) is 2.52. The van der Waals surface area contributed by atoms with E-state index in [1.165, 1.54) is 5.56 Å². The van der Waals surface area contributed by atoms with Gasteiger partial charge in [0.25, 0.3) is 0 Å². The molecule has 0 bridgehead atoms. The fourth-order valence-corrected chi connectivity index (χ4v) is 1.49. The molecule has 2 nitrogen and oxygen atoms in total. The molecule has 0 radical (unpaired) electrons. The van der Waals surface area contributed by atoms with E-state index in [-0.39, 0.29) is 13.2 Å². The average molecular weight is 261 g/mol. The number of hydrogen-bond acceptors (Lipinski definition) is 2. The molecule has 0 aromatic heterocycles. The van der Waals surface area contributed by atoms with Gasteiger partial charge in [-0.1, -0.05) is 38.1 Å². The number of rotatable bonds is 6. The molecule has 5 heteroatoms. The van der Waals surface area contributed by atoms with Gasteiger partial charge in [-0.15, -0.1) is 13.2 Å². The number of nitrogens with one attached hydrogen (secondary N) is 1. The van der Waals surface area contributed by atoms with Crippen molar-refractivity contribution in [2.75, 3.05) is 13.2 Å². The Hall–Kier alpha value is -1.07. The van der Waals surface area contributed by atoms with Crippen LogP contribution in [0, 0.1) is 0 Å². The van der Waals surface area contributed by atoms with Crippen molar-refractivity contribution in [2.45, 2.75) is 32.7 Å². The van der Waals surface area contributed by atoms with Crippen molar-refractivity contribution in [3.05, 3.63) is 35.4 Å². The Bertz CT molecular complexity index is 346. The van der Waals surface area contributed by atoms with E-state index in [2.05, 4.69) is 23.9 Å². The van der Waals surface area contributed by atoms with Crippen molar-refractivity contribution in [3.63, 3.8) is 0 Å². The molecule has 18 heavy (non-hydrogen) atoms. The normalized spacial score (nSPS) is 12.1. The van der Waals surface area contributed by atoms with E-state index in [0.717, 1.165) is 5.56 Å². The molecule has 0 saturated carbocycles. The molecule has 1 aromatic carbocycles. The van der Waals surface area contributed by atoms with Gasteiger partial charge in [0.15, 0.2) is 0 Å². The molecule has 1 aromatic rings. The highest BCUT2D eigenvalue weighted by Crippen LogP contribution is 2.15. The van der Waals surface area contributed by atoms with Crippen LogP contribution in [0.1, 0.15) is 30.9 Å². The molecule has 0 unspecified atom stereocenters. The Labute approximate surface area is 105 Å². The van der Waals surface area contributed by atoms with Gasteiger partial charge >= 0.3 is 6.36 Å². The van der Waals surface area contributed by atoms with Gasteiger partial charge in [-0.2, -0.15) is 0 Å². The van der Waals surface area contributed by atoms with Crippen molar-refractivity contribution in [2.24, 2.45) is 0 Å². The summed E-state index contributed by atoms with van der Waals surface area (Å²) in [5, 5.41) is 2.90. The summed E-state index contributed by atoms with van der Waals surface area (Å²) >= 11 is 0. The smallest absolute Gasteiger partial charge is 0.310 e. The Kier molecular flexibility index (Phi) is 5.62. The van der Waals surface area contributed by atoms with E-state index in [1.54, 1.807) is 0 Å². The quantitative estimate of drug-likeness (QED) is 0.792. The van der Waals surface area contributed by atoms with E-state index in [1.807, 2.05) is 24.3 Å². The van der Waals surface area contributed by atoms with Gasteiger partial charge in [0, 0.05) is 13.1 Å². The van der Waals surface area contributed by atoms with Crippen LogP contribution in [-0.4, -0.2) is 19.5 Å². The highest BCUT2D eigenvalue weighted by atomic mass is 19.4. The van der Waals surface area contributed by atoms with Crippen LogP contribution >= 0.6 is 0 Å². The maximum Gasteiger partial charge on any atom is 0.522 e. The predicted octanol–water partition coefficient (Wildman–Crippen LogP) is 3.44. The zero-order valence-electron chi connectivity index (χ0n) is 10.6.